The molecule has 0 N–H and O–H groups in total. The van der Waals surface area contributed by atoms with E-state index < -0.39 is 0 Å². The van der Waals surface area contributed by atoms with Crippen molar-refractivity contribution in [2.45, 2.75) is 52.5 Å². The van der Waals surface area contributed by atoms with E-state index in [0.717, 1.165) is 61.9 Å². The van der Waals surface area contributed by atoms with Crippen molar-refractivity contribution in [2.24, 2.45) is 11.8 Å². The first-order chi connectivity index (χ1) is 12.1. The molecule has 4 nitrogen and oxygen atoms in total. The fourth-order valence-corrected chi connectivity index (χ4v) is 5.34. The second-order valence-corrected chi connectivity index (χ2v) is 8.91. The summed E-state index contributed by atoms with van der Waals surface area (Å²) in [6.07, 6.45) is 9.67. The molecule has 1 aliphatic carbocycles. The monoisotopic (exact) mass is 357 g/mol. The van der Waals surface area contributed by atoms with Crippen molar-refractivity contribution < 1.29 is 4.79 Å². The lowest BCUT2D eigenvalue weighted by atomic mass is 9.90. The van der Waals surface area contributed by atoms with Crippen LogP contribution in [-0.4, -0.2) is 33.4 Å². The fraction of sp³-hybridized carbons (Fsp3) is 0.600. The van der Waals surface area contributed by atoms with Crippen molar-refractivity contribution in [1.82, 2.24) is 14.5 Å². The van der Waals surface area contributed by atoms with Gasteiger partial charge in [0.1, 0.15) is 5.82 Å². The van der Waals surface area contributed by atoms with Crippen LogP contribution in [0.15, 0.2) is 18.5 Å². The van der Waals surface area contributed by atoms with Crippen molar-refractivity contribution in [2.75, 3.05) is 13.1 Å². The Kier molecular flexibility index (Phi) is 4.67. The van der Waals surface area contributed by atoms with E-state index in [1.54, 1.807) is 11.3 Å². The number of hydrogen-bond acceptors (Lipinski definition) is 3. The summed E-state index contributed by atoms with van der Waals surface area (Å²) in [4.78, 5) is 21.7. The Bertz CT molecular complexity index is 755. The summed E-state index contributed by atoms with van der Waals surface area (Å²) >= 11 is 1.74. The van der Waals surface area contributed by atoms with Crippen LogP contribution in [0.3, 0.4) is 0 Å². The van der Waals surface area contributed by atoms with Crippen molar-refractivity contribution in [3.63, 3.8) is 0 Å². The normalized spacial score (nSPS) is 21.4. The maximum absolute atomic E-state index is 12.9. The van der Waals surface area contributed by atoms with Gasteiger partial charge in [-0.05, 0) is 62.5 Å². The Morgan fingerprint density at radius 1 is 1.32 bits per heavy atom. The van der Waals surface area contributed by atoms with Gasteiger partial charge in [0.05, 0.1) is 4.88 Å². The number of fused-ring (bicyclic) bond motifs is 1. The Morgan fingerprint density at radius 2 is 2.12 bits per heavy atom. The first kappa shape index (κ1) is 16.8. The van der Waals surface area contributed by atoms with Crippen molar-refractivity contribution in [1.29, 1.82) is 0 Å². The van der Waals surface area contributed by atoms with Gasteiger partial charge >= 0.3 is 0 Å². The molecule has 4 rings (SSSR count). The van der Waals surface area contributed by atoms with Gasteiger partial charge in [-0.2, -0.15) is 0 Å². The number of likely N-dealkylation sites (tertiary alicyclic amines) is 1. The molecule has 3 heterocycles. The highest BCUT2D eigenvalue weighted by Gasteiger charge is 2.27. The van der Waals surface area contributed by atoms with E-state index in [1.807, 2.05) is 6.20 Å². The molecule has 134 valence electrons. The quantitative estimate of drug-likeness (QED) is 0.835. The topological polar surface area (TPSA) is 38.1 Å². The van der Waals surface area contributed by atoms with E-state index in [-0.39, 0.29) is 5.91 Å². The van der Waals surface area contributed by atoms with E-state index in [9.17, 15) is 4.79 Å². The predicted octanol–water partition coefficient (Wildman–Crippen LogP) is 3.93. The number of imidazole rings is 1. The number of aromatic nitrogens is 2. The smallest absolute Gasteiger partial charge is 0.263 e. The zero-order chi connectivity index (χ0) is 17.4. The van der Waals surface area contributed by atoms with Gasteiger partial charge in [-0.1, -0.05) is 6.92 Å². The Hall–Kier alpha value is -1.62. The van der Waals surface area contributed by atoms with Gasteiger partial charge < -0.3 is 9.47 Å². The second kappa shape index (κ2) is 6.94. The summed E-state index contributed by atoms with van der Waals surface area (Å²) in [5.41, 5.74) is 1.43. The molecule has 1 amide bonds. The van der Waals surface area contributed by atoms with E-state index in [0.29, 0.717) is 5.92 Å². The van der Waals surface area contributed by atoms with Crippen molar-refractivity contribution in [3.8, 4) is 0 Å². The van der Waals surface area contributed by atoms with Crippen LogP contribution in [0.5, 0.6) is 0 Å². The molecule has 0 aromatic carbocycles. The van der Waals surface area contributed by atoms with Crippen LogP contribution in [0, 0.1) is 18.8 Å². The highest BCUT2D eigenvalue weighted by molar-refractivity contribution is 7.14. The van der Waals surface area contributed by atoms with Crippen LogP contribution in [0.25, 0.3) is 0 Å². The first-order valence-electron chi connectivity index (χ1n) is 9.48. The maximum atomic E-state index is 12.9. The fourth-order valence-electron chi connectivity index (χ4n) is 4.16. The number of piperidine rings is 1. The van der Waals surface area contributed by atoms with Crippen LogP contribution < -0.4 is 0 Å². The minimum atomic E-state index is 0.254. The molecule has 1 atom stereocenters. The van der Waals surface area contributed by atoms with Crippen LogP contribution in [0.1, 0.15) is 52.1 Å². The summed E-state index contributed by atoms with van der Waals surface area (Å²) in [7, 11) is 0. The summed E-state index contributed by atoms with van der Waals surface area (Å²) in [6.45, 7) is 7.17. The van der Waals surface area contributed by atoms with Crippen LogP contribution in [0.4, 0.5) is 0 Å². The summed E-state index contributed by atoms with van der Waals surface area (Å²) in [5.74, 6) is 2.74. The van der Waals surface area contributed by atoms with E-state index in [1.165, 1.54) is 16.9 Å². The van der Waals surface area contributed by atoms with E-state index >= 15 is 0 Å². The lowest BCUT2D eigenvalue weighted by molar-refractivity contribution is 0.0687. The van der Waals surface area contributed by atoms with Gasteiger partial charge in [-0.25, -0.2) is 4.98 Å². The molecule has 5 heteroatoms. The SMILES string of the molecule is Cc1nccn1CC1CCN(C(=O)c2cc3c(s2)CCC(C)C3)CC1. The minimum Gasteiger partial charge on any atom is -0.338 e. The third-order valence-electron chi connectivity index (χ3n) is 5.82. The number of carbonyl (C=O) groups is 1. The standard InChI is InChI=1S/C20H27N3OS/c1-14-3-4-18-17(11-14)12-19(25-18)20(24)22-8-5-16(6-9-22)13-23-10-7-21-15(23)2/h7,10,12,14,16H,3-6,8-9,11,13H2,1-2H3. The Labute approximate surface area is 153 Å². The average Bonchev–Trinajstić information content (AvgIpc) is 3.21. The third-order valence-corrected chi connectivity index (χ3v) is 7.05. The molecule has 2 aliphatic rings. The van der Waals surface area contributed by atoms with E-state index in [2.05, 4.69) is 40.6 Å². The van der Waals surface area contributed by atoms with Crippen LogP contribution in [-0.2, 0) is 19.4 Å². The number of nitrogens with zero attached hydrogens (tertiary/aromatic N) is 3. The molecule has 25 heavy (non-hydrogen) atoms. The first-order valence-corrected chi connectivity index (χ1v) is 10.3. The minimum absolute atomic E-state index is 0.254. The van der Waals surface area contributed by atoms with Gasteiger partial charge in [0.2, 0.25) is 0 Å². The molecule has 2 aromatic heterocycles. The van der Waals surface area contributed by atoms with Gasteiger partial charge in [0, 0.05) is 36.9 Å². The molecule has 2 aromatic rings. The molecule has 1 unspecified atom stereocenters. The molecular weight excluding hydrogens is 330 g/mol. The largest absolute Gasteiger partial charge is 0.338 e. The summed E-state index contributed by atoms with van der Waals surface area (Å²) in [5, 5.41) is 0. The molecule has 1 fully saturated rings. The molecule has 0 spiro atoms. The third kappa shape index (κ3) is 3.52. The summed E-state index contributed by atoms with van der Waals surface area (Å²) < 4.78 is 2.23. The number of hydrogen-bond donors (Lipinski definition) is 0. The molecule has 0 saturated carbocycles. The maximum Gasteiger partial charge on any atom is 0.263 e. The van der Waals surface area contributed by atoms with Crippen molar-refractivity contribution >= 4 is 17.2 Å². The second-order valence-electron chi connectivity index (χ2n) is 7.77. The molecule has 0 bridgehead atoms. The lowest BCUT2D eigenvalue weighted by Gasteiger charge is -2.32. The number of amides is 1. The highest BCUT2D eigenvalue weighted by atomic mass is 32.1. The predicted molar refractivity (Wildman–Crippen MR) is 101 cm³/mol. The van der Waals surface area contributed by atoms with Gasteiger partial charge in [-0.15, -0.1) is 11.3 Å². The van der Waals surface area contributed by atoms with E-state index in [4.69, 9.17) is 0 Å². The molecule has 1 aliphatic heterocycles. The molecule has 1 saturated heterocycles. The van der Waals surface area contributed by atoms with Gasteiger partial charge in [0.25, 0.3) is 5.91 Å². The number of rotatable bonds is 3. The van der Waals surface area contributed by atoms with Gasteiger partial charge in [-0.3, -0.25) is 4.79 Å². The highest BCUT2D eigenvalue weighted by Crippen LogP contribution is 2.33. The molecule has 0 radical (unpaired) electrons. The Balaban J connectivity index is 1.36. The average molecular weight is 358 g/mol. The van der Waals surface area contributed by atoms with Crippen molar-refractivity contribution in [3.05, 3.63) is 39.6 Å². The lowest BCUT2D eigenvalue weighted by Crippen LogP contribution is -2.39. The van der Waals surface area contributed by atoms with Gasteiger partial charge in [0.15, 0.2) is 0 Å². The molecular formula is C20H27N3OS. The zero-order valence-corrected chi connectivity index (χ0v) is 16.0. The van der Waals surface area contributed by atoms with Crippen LogP contribution in [0.2, 0.25) is 0 Å². The summed E-state index contributed by atoms with van der Waals surface area (Å²) in [6, 6.07) is 2.18. The van der Waals surface area contributed by atoms with Crippen LogP contribution >= 0.6 is 11.3 Å². The number of thiophene rings is 1. The number of aryl methyl sites for hydroxylation is 2. The Morgan fingerprint density at radius 3 is 2.84 bits per heavy atom. The zero-order valence-electron chi connectivity index (χ0n) is 15.2. The number of carbonyl (C=O) groups excluding carboxylic acids is 1.